The highest BCUT2D eigenvalue weighted by Gasteiger charge is 2.16. The molecule has 124 valence electrons. The maximum atomic E-state index is 12.3. The first-order valence-corrected chi connectivity index (χ1v) is 8.05. The van der Waals surface area contributed by atoms with E-state index in [-0.39, 0.29) is 17.8 Å². The minimum atomic E-state index is -0.301. The second kappa shape index (κ2) is 6.88. The Labute approximate surface area is 146 Å². The molecular formula is C18H18N2O3S. The van der Waals surface area contributed by atoms with Crippen LogP contribution in [-0.4, -0.2) is 17.8 Å². The fourth-order valence-corrected chi connectivity index (χ4v) is 2.54. The molecule has 0 saturated carbocycles. The summed E-state index contributed by atoms with van der Waals surface area (Å²) in [5, 5.41) is 5.91. The lowest BCUT2D eigenvalue weighted by atomic mass is 10.0. The Kier molecular flexibility index (Phi) is 4.66. The van der Waals surface area contributed by atoms with Crippen molar-refractivity contribution in [3.63, 3.8) is 0 Å². The van der Waals surface area contributed by atoms with Gasteiger partial charge < -0.3 is 14.8 Å². The Morgan fingerprint density at radius 2 is 1.79 bits per heavy atom. The van der Waals surface area contributed by atoms with Gasteiger partial charge in [0.1, 0.15) is 0 Å². The minimum absolute atomic E-state index is 0.173. The maximum absolute atomic E-state index is 12.3. The zero-order valence-electron chi connectivity index (χ0n) is 13.5. The summed E-state index contributed by atoms with van der Waals surface area (Å²) < 4.78 is 10.5. The lowest BCUT2D eigenvalue weighted by Gasteiger charge is -2.11. The fraction of sp³-hybridized carbons (Fsp3) is 0.222. The normalized spacial score (nSPS) is 12.1. The van der Waals surface area contributed by atoms with Gasteiger partial charge in [-0.3, -0.25) is 10.1 Å². The number of benzene rings is 2. The highest BCUT2D eigenvalue weighted by atomic mass is 32.1. The highest BCUT2D eigenvalue weighted by Crippen LogP contribution is 2.32. The van der Waals surface area contributed by atoms with E-state index in [0.29, 0.717) is 23.0 Å². The third kappa shape index (κ3) is 3.65. The molecule has 0 radical (unpaired) electrons. The van der Waals surface area contributed by atoms with Gasteiger partial charge in [-0.2, -0.15) is 0 Å². The molecule has 1 amide bonds. The number of carbonyl (C=O) groups excluding carboxylic acids is 1. The number of hydrogen-bond acceptors (Lipinski definition) is 4. The molecule has 2 N–H and O–H groups in total. The van der Waals surface area contributed by atoms with Crippen molar-refractivity contribution in [1.82, 2.24) is 5.32 Å². The molecule has 0 fully saturated rings. The summed E-state index contributed by atoms with van der Waals surface area (Å²) in [4.78, 5) is 12.3. The molecule has 0 saturated heterocycles. The van der Waals surface area contributed by atoms with Gasteiger partial charge in [0.05, 0.1) is 0 Å². The maximum Gasteiger partial charge on any atom is 0.257 e. The van der Waals surface area contributed by atoms with Crippen LogP contribution in [0.25, 0.3) is 0 Å². The van der Waals surface area contributed by atoms with Crippen LogP contribution in [0.2, 0.25) is 0 Å². The van der Waals surface area contributed by atoms with Crippen molar-refractivity contribution in [3.05, 3.63) is 53.6 Å². The lowest BCUT2D eigenvalue weighted by molar-refractivity contribution is 0.0977. The molecule has 24 heavy (non-hydrogen) atoms. The number of hydrogen-bond donors (Lipinski definition) is 2. The van der Waals surface area contributed by atoms with Gasteiger partial charge in [-0.25, -0.2) is 0 Å². The lowest BCUT2D eigenvalue weighted by Crippen LogP contribution is -2.34. The number of carbonyl (C=O) groups is 1. The van der Waals surface area contributed by atoms with E-state index < -0.39 is 0 Å². The van der Waals surface area contributed by atoms with Crippen LogP contribution in [0.4, 0.5) is 5.69 Å². The van der Waals surface area contributed by atoms with Crippen LogP contribution in [0, 0.1) is 0 Å². The smallest absolute Gasteiger partial charge is 0.257 e. The quantitative estimate of drug-likeness (QED) is 0.834. The highest BCUT2D eigenvalue weighted by molar-refractivity contribution is 7.80. The Morgan fingerprint density at radius 1 is 1.08 bits per heavy atom. The van der Waals surface area contributed by atoms with Gasteiger partial charge in [-0.05, 0) is 54.0 Å². The molecule has 0 aliphatic carbocycles. The van der Waals surface area contributed by atoms with Gasteiger partial charge in [0.15, 0.2) is 16.6 Å². The molecule has 0 bridgehead atoms. The Bertz CT molecular complexity index is 772. The molecule has 1 aliphatic rings. The van der Waals surface area contributed by atoms with Crippen LogP contribution >= 0.6 is 12.2 Å². The summed E-state index contributed by atoms with van der Waals surface area (Å²) in [5.41, 5.74) is 2.53. The molecule has 2 aromatic rings. The van der Waals surface area contributed by atoms with Crippen LogP contribution in [0.15, 0.2) is 42.5 Å². The van der Waals surface area contributed by atoms with Crippen LogP contribution in [0.3, 0.4) is 0 Å². The molecular weight excluding hydrogens is 324 g/mol. The molecule has 3 rings (SSSR count). The number of ether oxygens (including phenoxy) is 2. The summed E-state index contributed by atoms with van der Waals surface area (Å²) in [6, 6.07) is 13.0. The van der Waals surface area contributed by atoms with Crippen molar-refractivity contribution in [2.45, 2.75) is 19.8 Å². The molecule has 1 aliphatic heterocycles. The van der Waals surface area contributed by atoms with Crippen LogP contribution in [0.1, 0.15) is 35.7 Å². The summed E-state index contributed by atoms with van der Waals surface area (Å²) in [5.74, 6) is 1.37. The van der Waals surface area contributed by atoms with E-state index in [1.807, 2.05) is 24.3 Å². The SMILES string of the molecule is CC(C)c1ccc(NC(=S)NC(=O)c2ccc3c(c2)OCO3)cc1. The van der Waals surface area contributed by atoms with E-state index in [4.69, 9.17) is 21.7 Å². The summed E-state index contributed by atoms with van der Waals surface area (Å²) in [7, 11) is 0. The van der Waals surface area contributed by atoms with Gasteiger partial charge in [-0.15, -0.1) is 0 Å². The predicted octanol–water partition coefficient (Wildman–Crippen LogP) is 3.67. The number of amides is 1. The molecule has 2 aromatic carbocycles. The first-order chi connectivity index (χ1) is 11.5. The van der Waals surface area contributed by atoms with Crippen molar-refractivity contribution in [3.8, 4) is 11.5 Å². The largest absolute Gasteiger partial charge is 0.454 e. The molecule has 0 unspecified atom stereocenters. The van der Waals surface area contributed by atoms with E-state index in [9.17, 15) is 4.79 Å². The van der Waals surface area contributed by atoms with E-state index in [2.05, 4.69) is 24.5 Å². The number of thiocarbonyl (C=S) groups is 1. The van der Waals surface area contributed by atoms with Crippen LogP contribution in [0.5, 0.6) is 11.5 Å². The van der Waals surface area contributed by atoms with Crippen molar-refractivity contribution >= 4 is 28.9 Å². The van der Waals surface area contributed by atoms with Crippen molar-refractivity contribution < 1.29 is 14.3 Å². The first kappa shape index (κ1) is 16.3. The van der Waals surface area contributed by atoms with Crippen molar-refractivity contribution in [2.75, 3.05) is 12.1 Å². The third-order valence-corrected chi connectivity index (χ3v) is 3.90. The first-order valence-electron chi connectivity index (χ1n) is 7.65. The summed E-state index contributed by atoms with van der Waals surface area (Å²) >= 11 is 5.20. The van der Waals surface area contributed by atoms with Gasteiger partial charge in [0.2, 0.25) is 6.79 Å². The van der Waals surface area contributed by atoms with Crippen LogP contribution in [-0.2, 0) is 0 Å². The van der Waals surface area contributed by atoms with Gasteiger partial charge in [0.25, 0.3) is 5.91 Å². The van der Waals surface area contributed by atoms with Crippen molar-refractivity contribution in [2.24, 2.45) is 0 Å². The van der Waals surface area contributed by atoms with E-state index in [0.717, 1.165) is 5.69 Å². The van der Waals surface area contributed by atoms with Crippen molar-refractivity contribution in [1.29, 1.82) is 0 Å². The number of fused-ring (bicyclic) bond motifs is 1. The molecule has 0 aromatic heterocycles. The second-order valence-corrected chi connectivity index (χ2v) is 6.16. The predicted molar refractivity (Wildman–Crippen MR) is 96.8 cm³/mol. The fourth-order valence-electron chi connectivity index (χ4n) is 2.33. The van der Waals surface area contributed by atoms with Gasteiger partial charge in [-0.1, -0.05) is 26.0 Å². The number of nitrogens with one attached hydrogen (secondary N) is 2. The molecule has 6 heteroatoms. The standard InChI is InChI=1S/C18H18N2O3S/c1-11(2)12-3-6-14(7-4-12)19-18(24)20-17(21)13-5-8-15-16(9-13)23-10-22-15/h3-9,11H,10H2,1-2H3,(H2,19,20,21,24). The minimum Gasteiger partial charge on any atom is -0.454 e. The second-order valence-electron chi connectivity index (χ2n) is 5.75. The van der Waals surface area contributed by atoms with E-state index in [1.165, 1.54) is 5.56 Å². The number of anilines is 1. The van der Waals surface area contributed by atoms with Crippen LogP contribution < -0.4 is 20.1 Å². The van der Waals surface area contributed by atoms with Gasteiger partial charge in [0, 0.05) is 11.3 Å². The molecule has 0 atom stereocenters. The summed E-state index contributed by atoms with van der Waals surface area (Å²) in [6.07, 6.45) is 0. The summed E-state index contributed by atoms with van der Waals surface area (Å²) in [6.45, 7) is 4.45. The average Bonchev–Trinajstić information content (AvgIpc) is 3.02. The van der Waals surface area contributed by atoms with Gasteiger partial charge >= 0.3 is 0 Å². The Hall–Kier alpha value is -2.60. The molecule has 1 heterocycles. The monoisotopic (exact) mass is 342 g/mol. The number of rotatable bonds is 3. The average molecular weight is 342 g/mol. The third-order valence-electron chi connectivity index (χ3n) is 3.70. The van der Waals surface area contributed by atoms with E-state index in [1.54, 1.807) is 18.2 Å². The zero-order valence-corrected chi connectivity index (χ0v) is 14.3. The molecule has 5 nitrogen and oxygen atoms in total. The Morgan fingerprint density at radius 3 is 2.50 bits per heavy atom. The Balaban J connectivity index is 1.61. The molecule has 0 spiro atoms. The van der Waals surface area contributed by atoms with E-state index >= 15 is 0 Å². The topological polar surface area (TPSA) is 59.6 Å². The zero-order chi connectivity index (χ0) is 17.1.